The summed E-state index contributed by atoms with van der Waals surface area (Å²) in [5.41, 5.74) is -0.0858. The van der Waals surface area contributed by atoms with Gasteiger partial charge in [-0.15, -0.1) is 0 Å². The Bertz CT molecular complexity index is 619. The molecule has 0 radical (unpaired) electrons. The standard InChI is InChI=1S/C15H20N4O5/c1-2-12(15(21)22)17-14(20)10-4-3-7-18(9-10)13-6-5-11(8-16-13)19(23)24/h5-6,8,10,12H,2-4,7,9H2,1H3,(H,17,20)(H,21,22). The van der Waals surface area contributed by atoms with Crippen molar-refractivity contribution in [3.63, 3.8) is 0 Å². The van der Waals surface area contributed by atoms with Gasteiger partial charge in [0.2, 0.25) is 5.91 Å². The summed E-state index contributed by atoms with van der Waals surface area (Å²) in [5.74, 6) is -1.08. The summed E-state index contributed by atoms with van der Waals surface area (Å²) in [5, 5.41) is 22.3. The van der Waals surface area contributed by atoms with Gasteiger partial charge in [0.25, 0.3) is 5.69 Å². The second-order valence-corrected chi connectivity index (χ2v) is 5.72. The van der Waals surface area contributed by atoms with Gasteiger partial charge in [-0.1, -0.05) is 6.92 Å². The number of piperidine rings is 1. The quantitative estimate of drug-likeness (QED) is 0.590. The number of nitrogens with one attached hydrogen (secondary N) is 1. The highest BCUT2D eigenvalue weighted by Crippen LogP contribution is 2.23. The van der Waals surface area contributed by atoms with Crippen LogP contribution in [0.2, 0.25) is 0 Å². The number of pyridine rings is 1. The molecule has 2 heterocycles. The molecule has 1 amide bonds. The van der Waals surface area contributed by atoms with E-state index in [4.69, 9.17) is 5.11 Å². The first-order valence-corrected chi connectivity index (χ1v) is 7.81. The zero-order chi connectivity index (χ0) is 17.7. The number of aromatic nitrogens is 1. The molecule has 24 heavy (non-hydrogen) atoms. The van der Waals surface area contributed by atoms with Crippen molar-refractivity contribution >= 4 is 23.4 Å². The highest BCUT2D eigenvalue weighted by molar-refractivity contribution is 5.85. The SMILES string of the molecule is CCC(NC(=O)C1CCCN(c2ccc([N+](=O)[O-])cn2)C1)C(=O)O. The molecule has 1 aliphatic rings. The Balaban J connectivity index is 2.01. The van der Waals surface area contributed by atoms with E-state index in [9.17, 15) is 19.7 Å². The molecule has 0 bridgehead atoms. The fourth-order valence-corrected chi connectivity index (χ4v) is 2.70. The summed E-state index contributed by atoms with van der Waals surface area (Å²) >= 11 is 0. The highest BCUT2D eigenvalue weighted by atomic mass is 16.6. The number of nitrogens with zero attached hydrogens (tertiary/aromatic N) is 3. The molecule has 0 spiro atoms. The highest BCUT2D eigenvalue weighted by Gasteiger charge is 2.29. The normalized spacial score (nSPS) is 18.7. The van der Waals surface area contributed by atoms with Crippen LogP contribution in [-0.4, -0.2) is 46.0 Å². The number of nitro groups is 1. The van der Waals surface area contributed by atoms with E-state index < -0.39 is 16.9 Å². The van der Waals surface area contributed by atoms with Crippen LogP contribution in [0.4, 0.5) is 11.5 Å². The Morgan fingerprint density at radius 1 is 1.54 bits per heavy atom. The second-order valence-electron chi connectivity index (χ2n) is 5.72. The van der Waals surface area contributed by atoms with E-state index in [2.05, 4.69) is 10.3 Å². The number of carboxylic acids is 1. The lowest BCUT2D eigenvalue weighted by atomic mass is 9.96. The lowest BCUT2D eigenvalue weighted by Crippen LogP contribution is -2.48. The first-order valence-electron chi connectivity index (χ1n) is 7.81. The second kappa shape index (κ2) is 7.71. The van der Waals surface area contributed by atoms with Gasteiger partial charge in [0.15, 0.2) is 0 Å². The molecule has 1 fully saturated rings. The number of carboxylic acid groups (broad SMARTS) is 1. The molecule has 2 rings (SSSR count). The Hall–Kier alpha value is -2.71. The van der Waals surface area contributed by atoms with Gasteiger partial charge in [-0.05, 0) is 25.3 Å². The van der Waals surface area contributed by atoms with Crippen LogP contribution in [0.1, 0.15) is 26.2 Å². The third kappa shape index (κ3) is 4.18. The number of rotatable bonds is 6. The van der Waals surface area contributed by atoms with Crippen LogP contribution in [0.25, 0.3) is 0 Å². The molecule has 9 heteroatoms. The van der Waals surface area contributed by atoms with Gasteiger partial charge < -0.3 is 15.3 Å². The van der Waals surface area contributed by atoms with Crippen molar-refractivity contribution in [1.82, 2.24) is 10.3 Å². The summed E-state index contributed by atoms with van der Waals surface area (Å²) in [4.78, 5) is 39.4. The van der Waals surface area contributed by atoms with Crippen LogP contribution < -0.4 is 10.2 Å². The third-order valence-electron chi connectivity index (χ3n) is 4.08. The molecule has 2 unspecified atom stereocenters. The van der Waals surface area contributed by atoms with Crippen molar-refractivity contribution in [1.29, 1.82) is 0 Å². The number of carbonyl (C=O) groups is 2. The maximum Gasteiger partial charge on any atom is 0.326 e. The topological polar surface area (TPSA) is 126 Å². The number of amides is 1. The van der Waals surface area contributed by atoms with E-state index in [1.807, 2.05) is 4.90 Å². The van der Waals surface area contributed by atoms with Gasteiger partial charge in [-0.3, -0.25) is 14.9 Å². The van der Waals surface area contributed by atoms with Crippen LogP contribution >= 0.6 is 0 Å². The van der Waals surface area contributed by atoms with Crippen molar-refractivity contribution < 1.29 is 19.6 Å². The Kier molecular flexibility index (Phi) is 5.67. The minimum absolute atomic E-state index is 0.0858. The number of carbonyl (C=O) groups excluding carboxylic acids is 1. The van der Waals surface area contributed by atoms with Crippen molar-refractivity contribution in [3.05, 3.63) is 28.4 Å². The molecule has 2 atom stereocenters. The molecule has 1 aromatic rings. The smallest absolute Gasteiger partial charge is 0.326 e. The zero-order valence-corrected chi connectivity index (χ0v) is 13.3. The molecule has 2 N–H and O–H groups in total. The predicted octanol–water partition coefficient (Wildman–Crippen LogP) is 1.19. The molecule has 130 valence electrons. The minimum Gasteiger partial charge on any atom is -0.480 e. The lowest BCUT2D eigenvalue weighted by Gasteiger charge is -2.33. The molecule has 0 saturated carbocycles. The van der Waals surface area contributed by atoms with Gasteiger partial charge in [0, 0.05) is 19.2 Å². The largest absolute Gasteiger partial charge is 0.480 e. The van der Waals surface area contributed by atoms with Crippen LogP contribution in [0, 0.1) is 16.0 Å². The zero-order valence-electron chi connectivity index (χ0n) is 13.3. The van der Waals surface area contributed by atoms with Gasteiger partial charge in [-0.25, -0.2) is 9.78 Å². The first kappa shape index (κ1) is 17.6. The van der Waals surface area contributed by atoms with E-state index >= 15 is 0 Å². The molecule has 9 nitrogen and oxygen atoms in total. The van der Waals surface area contributed by atoms with Crippen LogP contribution in [0.5, 0.6) is 0 Å². The maximum absolute atomic E-state index is 12.3. The van der Waals surface area contributed by atoms with Crippen molar-refractivity contribution in [2.75, 3.05) is 18.0 Å². The molecule has 1 aliphatic heterocycles. The summed E-state index contributed by atoms with van der Waals surface area (Å²) < 4.78 is 0. The van der Waals surface area contributed by atoms with Gasteiger partial charge in [0.05, 0.1) is 10.8 Å². The predicted molar refractivity (Wildman–Crippen MR) is 85.7 cm³/mol. The first-order chi connectivity index (χ1) is 11.4. The van der Waals surface area contributed by atoms with Gasteiger partial charge in [0.1, 0.15) is 18.1 Å². The Morgan fingerprint density at radius 3 is 2.83 bits per heavy atom. The molecule has 1 saturated heterocycles. The van der Waals surface area contributed by atoms with Crippen LogP contribution in [-0.2, 0) is 9.59 Å². The Labute approximate surface area is 138 Å². The average Bonchev–Trinajstić information content (AvgIpc) is 2.59. The lowest BCUT2D eigenvalue weighted by molar-refractivity contribution is -0.385. The van der Waals surface area contributed by atoms with Crippen LogP contribution in [0.15, 0.2) is 18.3 Å². The molecule has 0 aromatic carbocycles. The number of aliphatic carboxylic acids is 1. The van der Waals surface area contributed by atoms with Gasteiger partial charge >= 0.3 is 5.97 Å². The molecular weight excluding hydrogens is 316 g/mol. The number of hydrogen-bond acceptors (Lipinski definition) is 6. The average molecular weight is 336 g/mol. The molecule has 0 aliphatic carbocycles. The summed E-state index contributed by atoms with van der Waals surface area (Å²) in [7, 11) is 0. The van der Waals surface area contributed by atoms with E-state index in [-0.39, 0.29) is 17.5 Å². The Morgan fingerprint density at radius 2 is 2.29 bits per heavy atom. The van der Waals surface area contributed by atoms with E-state index in [0.717, 1.165) is 6.42 Å². The van der Waals surface area contributed by atoms with E-state index in [0.29, 0.717) is 31.7 Å². The maximum atomic E-state index is 12.3. The number of hydrogen-bond donors (Lipinski definition) is 2. The molecule has 1 aromatic heterocycles. The number of anilines is 1. The van der Waals surface area contributed by atoms with E-state index in [1.54, 1.807) is 13.0 Å². The molecular formula is C15H20N4O5. The monoisotopic (exact) mass is 336 g/mol. The summed E-state index contributed by atoms with van der Waals surface area (Å²) in [6.45, 7) is 2.81. The van der Waals surface area contributed by atoms with Crippen molar-refractivity contribution in [2.45, 2.75) is 32.2 Å². The third-order valence-corrected chi connectivity index (χ3v) is 4.08. The minimum atomic E-state index is -1.05. The van der Waals surface area contributed by atoms with Crippen molar-refractivity contribution in [3.8, 4) is 0 Å². The summed E-state index contributed by atoms with van der Waals surface area (Å²) in [6, 6.07) is 2.05. The van der Waals surface area contributed by atoms with Gasteiger partial charge in [-0.2, -0.15) is 0 Å². The summed E-state index contributed by atoms with van der Waals surface area (Å²) in [6.07, 6.45) is 2.95. The fraction of sp³-hybridized carbons (Fsp3) is 0.533. The van der Waals surface area contributed by atoms with E-state index in [1.165, 1.54) is 12.3 Å². The van der Waals surface area contributed by atoms with Crippen LogP contribution in [0.3, 0.4) is 0 Å². The fourth-order valence-electron chi connectivity index (χ4n) is 2.70. The van der Waals surface area contributed by atoms with Crippen molar-refractivity contribution in [2.24, 2.45) is 5.92 Å².